The lowest BCUT2D eigenvalue weighted by Crippen LogP contribution is -2.49. The van der Waals surface area contributed by atoms with Gasteiger partial charge in [-0.1, -0.05) is 6.58 Å². The van der Waals surface area contributed by atoms with Gasteiger partial charge in [0.1, 0.15) is 17.7 Å². The lowest BCUT2D eigenvalue weighted by Gasteiger charge is -2.38. The predicted octanol–water partition coefficient (Wildman–Crippen LogP) is 1.98. The zero-order valence-corrected chi connectivity index (χ0v) is 18.5. The zero-order chi connectivity index (χ0) is 23.1. The number of carbonyl (C=O) groups is 1. The Morgan fingerprint density at radius 3 is 2.53 bits per heavy atom. The van der Waals surface area contributed by atoms with Crippen LogP contribution in [0.2, 0.25) is 0 Å². The summed E-state index contributed by atoms with van der Waals surface area (Å²) in [7, 11) is 0. The molecule has 0 aromatic carbocycles. The van der Waals surface area contributed by atoms with E-state index >= 15 is 0 Å². The number of pyridine rings is 1. The van der Waals surface area contributed by atoms with Crippen LogP contribution in [0.15, 0.2) is 31.1 Å². The van der Waals surface area contributed by atoms with E-state index in [1.165, 1.54) is 13.0 Å². The van der Waals surface area contributed by atoms with E-state index in [1.807, 2.05) is 11.8 Å². The van der Waals surface area contributed by atoms with Gasteiger partial charge in [-0.05, 0) is 25.5 Å². The van der Waals surface area contributed by atoms with Gasteiger partial charge in [0.2, 0.25) is 5.91 Å². The van der Waals surface area contributed by atoms with Crippen LogP contribution in [0.4, 0.5) is 11.5 Å². The van der Waals surface area contributed by atoms with Gasteiger partial charge in [0.05, 0.1) is 35.8 Å². The van der Waals surface area contributed by atoms with Crippen molar-refractivity contribution in [3.05, 3.63) is 53.8 Å². The fourth-order valence-corrected chi connectivity index (χ4v) is 4.00. The topological polar surface area (TPSA) is 113 Å². The minimum atomic E-state index is -0.0223. The van der Waals surface area contributed by atoms with Crippen LogP contribution < -0.4 is 9.80 Å². The first kappa shape index (κ1) is 22.7. The second-order valence-electron chi connectivity index (χ2n) is 7.44. The van der Waals surface area contributed by atoms with E-state index in [0.29, 0.717) is 25.2 Å². The quantitative estimate of drug-likeness (QED) is 0.679. The van der Waals surface area contributed by atoms with Crippen LogP contribution in [-0.2, 0) is 17.8 Å². The summed E-state index contributed by atoms with van der Waals surface area (Å²) in [5, 5.41) is 16.7. The third-order valence-corrected chi connectivity index (χ3v) is 5.48. The summed E-state index contributed by atoms with van der Waals surface area (Å²) >= 11 is 0. The van der Waals surface area contributed by atoms with E-state index in [1.54, 1.807) is 24.5 Å². The Morgan fingerprint density at radius 2 is 1.88 bits per heavy atom. The van der Waals surface area contributed by atoms with Crippen molar-refractivity contribution in [1.82, 2.24) is 19.9 Å². The van der Waals surface area contributed by atoms with E-state index in [4.69, 9.17) is 15.2 Å². The highest BCUT2D eigenvalue weighted by molar-refractivity contribution is 5.87. The molecule has 32 heavy (non-hydrogen) atoms. The van der Waals surface area contributed by atoms with Gasteiger partial charge in [-0.25, -0.2) is 9.97 Å². The number of piperazine rings is 1. The molecule has 1 saturated heterocycles. The summed E-state index contributed by atoms with van der Waals surface area (Å²) in [6.07, 6.45) is 5.56. The van der Waals surface area contributed by atoms with Gasteiger partial charge in [0.15, 0.2) is 0 Å². The van der Waals surface area contributed by atoms with Gasteiger partial charge in [0.25, 0.3) is 0 Å². The largest absolute Gasteiger partial charge is 0.363 e. The van der Waals surface area contributed by atoms with Crippen LogP contribution in [0.1, 0.15) is 29.6 Å². The molecule has 0 atom stereocenters. The van der Waals surface area contributed by atoms with Crippen LogP contribution in [0, 0.1) is 29.6 Å². The number of anilines is 2. The Bertz CT molecular complexity index is 1080. The summed E-state index contributed by atoms with van der Waals surface area (Å²) in [5.41, 5.74) is 3.63. The highest BCUT2D eigenvalue weighted by Crippen LogP contribution is 2.30. The second kappa shape index (κ2) is 10.4. The SMILES string of the molecule is C=CC(=O)N1CCN(c2nc(C)nc3c2CCN(c2cnccc2C#N)C3)CC1.CC#N. The summed E-state index contributed by atoms with van der Waals surface area (Å²) in [6, 6.07) is 5.74. The van der Waals surface area contributed by atoms with Crippen LogP contribution in [0.5, 0.6) is 0 Å². The Kier molecular flexibility index (Phi) is 7.35. The number of hydrogen-bond donors (Lipinski definition) is 0. The van der Waals surface area contributed by atoms with Crippen molar-refractivity contribution in [3.8, 4) is 12.1 Å². The Hall–Kier alpha value is -3.98. The maximum atomic E-state index is 11.9. The van der Waals surface area contributed by atoms with Crippen molar-refractivity contribution in [2.45, 2.75) is 26.8 Å². The second-order valence-corrected chi connectivity index (χ2v) is 7.44. The molecule has 0 N–H and O–H groups in total. The van der Waals surface area contributed by atoms with Crippen molar-refractivity contribution in [3.63, 3.8) is 0 Å². The van der Waals surface area contributed by atoms with Gasteiger partial charge >= 0.3 is 0 Å². The van der Waals surface area contributed by atoms with E-state index in [9.17, 15) is 10.1 Å². The number of amides is 1. The summed E-state index contributed by atoms with van der Waals surface area (Å²) < 4.78 is 0. The van der Waals surface area contributed by atoms with Crippen molar-refractivity contribution < 1.29 is 4.79 Å². The van der Waals surface area contributed by atoms with E-state index < -0.39 is 0 Å². The molecule has 2 aromatic rings. The predicted molar refractivity (Wildman–Crippen MR) is 121 cm³/mol. The van der Waals surface area contributed by atoms with Crippen LogP contribution in [0.25, 0.3) is 0 Å². The van der Waals surface area contributed by atoms with Crippen LogP contribution in [-0.4, -0.2) is 58.5 Å². The molecule has 4 rings (SSSR count). The average molecular weight is 431 g/mol. The molecule has 0 bridgehead atoms. The minimum absolute atomic E-state index is 0.0223. The van der Waals surface area contributed by atoms with Gasteiger partial charge in [0, 0.05) is 51.4 Å². The van der Waals surface area contributed by atoms with Crippen molar-refractivity contribution >= 4 is 17.4 Å². The van der Waals surface area contributed by atoms with Gasteiger partial charge < -0.3 is 14.7 Å². The van der Waals surface area contributed by atoms with E-state index in [-0.39, 0.29) is 5.91 Å². The van der Waals surface area contributed by atoms with Gasteiger partial charge in [-0.2, -0.15) is 10.5 Å². The smallest absolute Gasteiger partial charge is 0.246 e. The number of aryl methyl sites for hydroxylation is 1. The van der Waals surface area contributed by atoms with Crippen molar-refractivity contribution in [2.75, 3.05) is 42.5 Å². The lowest BCUT2D eigenvalue weighted by atomic mass is 10.0. The Morgan fingerprint density at radius 1 is 1.16 bits per heavy atom. The molecule has 164 valence electrons. The molecule has 1 fully saturated rings. The molecule has 0 radical (unpaired) electrons. The number of aromatic nitrogens is 3. The van der Waals surface area contributed by atoms with E-state index in [2.05, 4.69) is 27.4 Å². The molecule has 9 heteroatoms. The molecule has 0 saturated carbocycles. The zero-order valence-electron chi connectivity index (χ0n) is 18.5. The molecule has 2 aromatic heterocycles. The standard InChI is InChI=1S/C21H23N7O.C2H3N/c1-3-20(29)26-8-10-27(11-9-26)21-17-5-7-28(14-18(17)24-15(2)25-21)19-13-23-6-4-16(19)12-22;1-2-3/h3-4,6,13H,1,5,7-11,14H2,2H3;1H3. The first-order valence-corrected chi connectivity index (χ1v) is 10.4. The van der Waals surface area contributed by atoms with Crippen molar-refractivity contribution in [1.29, 1.82) is 10.5 Å². The molecule has 2 aliphatic rings. The molecular weight excluding hydrogens is 404 g/mol. The molecule has 1 amide bonds. The monoisotopic (exact) mass is 430 g/mol. The Balaban J connectivity index is 0.000000913. The first-order chi connectivity index (χ1) is 15.5. The molecular formula is C23H26N8O. The van der Waals surface area contributed by atoms with Crippen LogP contribution in [0.3, 0.4) is 0 Å². The lowest BCUT2D eigenvalue weighted by molar-refractivity contribution is -0.126. The summed E-state index contributed by atoms with van der Waals surface area (Å²) in [4.78, 5) is 31.7. The molecule has 2 aliphatic heterocycles. The molecule has 4 heterocycles. The number of carbonyl (C=O) groups excluding carboxylic acids is 1. The fourth-order valence-electron chi connectivity index (χ4n) is 4.00. The van der Waals surface area contributed by atoms with Gasteiger partial charge in [-0.15, -0.1) is 0 Å². The number of rotatable bonds is 3. The van der Waals surface area contributed by atoms with E-state index in [0.717, 1.165) is 54.6 Å². The van der Waals surface area contributed by atoms with Crippen LogP contribution >= 0.6 is 0 Å². The fraction of sp³-hybridized carbons (Fsp3) is 0.391. The molecule has 0 spiro atoms. The number of nitriles is 2. The highest BCUT2D eigenvalue weighted by atomic mass is 16.2. The maximum Gasteiger partial charge on any atom is 0.246 e. The highest BCUT2D eigenvalue weighted by Gasteiger charge is 2.28. The molecule has 9 nitrogen and oxygen atoms in total. The molecule has 0 unspecified atom stereocenters. The maximum absolute atomic E-state index is 11.9. The number of hydrogen-bond acceptors (Lipinski definition) is 8. The summed E-state index contributed by atoms with van der Waals surface area (Å²) in [5.74, 6) is 1.69. The number of fused-ring (bicyclic) bond motifs is 1. The number of nitrogens with zero attached hydrogens (tertiary/aromatic N) is 8. The van der Waals surface area contributed by atoms with Gasteiger partial charge in [-0.3, -0.25) is 9.78 Å². The summed E-state index contributed by atoms with van der Waals surface area (Å²) in [6.45, 7) is 11.1. The third kappa shape index (κ3) is 4.84. The minimum Gasteiger partial charge on any atom is -0.363 e. The Labute approximate surface area is 188 Å². The third-order valence-electron chi connectivity index (χ3n) is 5.48. The average Bonchev–Trinajstić information content (AvgIpc) is 2.83. The normalized spacial score (nSPS) is 14.9. The van der Waals surface area contributed by atoms with Crippen molar-refractivity contribution in [2.24, 2.45) is 0 Å². The molecule has 0 aliphatic carbocycles. The first-order valence-electron chi connectivity index (χ1n) is 10.4.